The van der Waals surface area contributed by atoms with Crippen molar-refractivity contribution in [3.63, 3.8) is 0 Å². The van der Waals surface area contributed by atoms with Crippen LogP contribution in [0.2, 0.25) is 0 Å². The Bertz CT molecular complexity index is 717. The number of aliphatic imine (C=N–C) groups is 1. The number of likely N-dealkylation sites (N-methyl/N-ethyl adjacent to an activating group) is 1. The number of likely N-dealkylation sites (tertiary alicyclic amines) is 1. The third kappa shape index (κ3) is 11.1. The fourth-order valence-corrected chi connectivity index (χ4v) is 4.14. The highest BCUT2D eigenvalue weighted by Gasteiger charge is 2.22. The second kappa shape index (κ2) is 16.3. The summed E-state index contributed by atoms with van der Waals surface area (Å²) in [5, 5.41) is 9.90. The lowest BCUT2D eigenvalue weighted by Crippen LogP contribution is -2.49. The lowest BCUT2D eigenvalue weighted by molar-refractivity contribution is 0.0951. The molecule has 1 aliphatic heterocycles. The molecular formula is C25H45IN6O. The number of carbonyl (C=O) groups is 1. The summed E-state index contributed by atoms with van der Waals surface area (Å²) in [6.45, 7) is 9.97. The van der Waals surface area contributed by atoms with Crippen molar-refractivity contribution in [1.82, 2.24) is 25.8 Å². The van der Waals surface area contributed by atoms with E-state index in [2.05, 4.69) is 44.6 Å². The molecule has 0 spiro atoms. The summed E-state index contributed by atoms with van der Waals surface area (Å²) < 4.78 is 0. The number of carbonyl (C=O) groups excluding carboxylic acids is 1. The van der Waals surface area contributed by atoms with Crippen LogP contribution in [-0.2, 0) is 6.54 Å². The minimum absolute atomic E-state index is 0. The second-order valence-corrected chi connectivity index (χ2v) is 9.33. The summed E-state index contributed by atoms with van der Waals surface area (Å²) >= 11 is 0. The van der Waals surface area contributed by atoms with Gasteiger partial charge in [0, 0.05) is 44.8 Å². The number of nitrogens with one attached hydrogen (secondary N) is 3. The maximum absolute atomic E-state index is 12.4. The van der Waals surface area contributed by atoms with Crippen LogP contribution < -0.4 is 16.0 Å². The predicted octanol–water partition coefficient (Wildman–Crippen LogP) is 3.16. The number of rotatable bonds is 10. The van der Waals surface area contributed by atoms with Crippen LogP contribution in [0, 0.1) is 5.92 Å². The number of halogens is 1. The molecule has 7 nitrogen and oxygen atoms in total. The van der Waals surface area contributed by atoms with Gasteiger partial charge in [-0.2, -0.15) is 0 Å². The number of hydrogen-bond acceptors (Lipinski definition) is 4. The molecule has 1 aliphatic rings. The average Bonchev–Trinajstić information content (AvgIpc) is 3.05. The smallest absolute Gasteiger partial charge is 0.251 e. The van der Waals surface area contributed by atoms with Crippen molar-refractivity contribution in [2.45, 2.75) is 52.1 Å². The minimum atomic E-state index is -0.0339. The van der Waals surface area contributed by atoms with Crippen LogP contribution in [0.5, 0.6) is 0 Å². The summed E-state index contributed by atoms with van der Waals surface area (Å²) in [4.78, 5) is 21.5. The SMILES string of the molecule is CN=C(NCc1cccc(C(=O)NCCN(C)C)c1)NCC(C(C)C)N1CCCCCC1.I. The van der Waals surface area contributed by atoms with E-state index in [4.69, 9.17) is 0 Å². The molecule has 1 atom stereocenters. The van der Waals surface area contributed by atoms with Gasteiger partial charge in [-0.25, -0.2) is 0 Å². The summed E-state index contributed by atoms with van der Waals surface area (Å²) in [6.07, 6.45) is 5.31. The zero-order valence-electron chi connectivity index (χ0n) is 21.2. The Morgan fingerprint density at radius 3 is 2.39 bits per heavy atom. The van der Waals surface area contributed by atoms with Crippen LogP contribution >= 0.6 is 24.0 Å². The van der Waals surface area contributed by atoms with Crippen molar-refractivity contribution in [2.24, 2.45) is 10.9 Å². The normalized spacial score (nSPS) is 16.2. The van der Waals surface area contributed by atoms with Crippen molar-refractivity contribution in [3.05, 3.63) is 35.4 Å². The molecule has 3 N–H and O–H groups in total. The van der Waals surface area contributed by atoms with E-state index in [0.29, 0.717) is 30.6 Å². The van der Waals surface area contributed by atoms with Gasteiger partial charge in [-0.1, -0.05) is 38.8 Å². The molecule has 188 valence electrons. The Morgan fingerprint density at radius 1 is 1.09 bits per heavy atom. The minimum Gasteiger partial charge on any atom is -0.355 e. The number of hydrogen-bond donors (Lipinski definition) is 3. The first-order chi connectivity index (χ1) is 15.4. The Labute approximate surface area is 218 Å². The van der Waals surface area contributed by atoms with E-state index < -0.39 is 0 Å². The Morgan fingerprint density at radius 2 is 1.79 bits per heavy atom. The molecule has 0 saturated carbocycles. The first-order valence-corrected chi connectivity index (χ1v) is 12.1. The topological polar surface area (TPSA) is 72.0 Å². The van der Waals surface area contributed by atoms with Crippen LogP contribution in [0.15, 0.2) is 29.3 Å². The summed E-state index contributed by atoms with van der Waals surface area (Å²) in [5.41, 5.74) is 1.74. The molecule has 33 heavy (non-hydrogen) atoms. The van der Waals surface area contributed by atoms with E-state index in [1.54, 1.807) is 7.05 Å². The third-order valence-electron chi connectivity index (χ3n) is 6.08. The van der Waals surface area contributed by atoms with Crippen molar-refractivity contribution in [3.8, 4) is 0 Å². The third-order valence-corrected chi connectivity index (χ3v) is 6.08. The quantitative estimate of drug-likeness (QED) is 0.228. The van der Waals surface area contributed by atoms with Crippen molar-refractivity contribution < 1.29 is 4.79 Å². The zero-order valence-corrected chi connectivity index (χ0v) is 23.5. The van der Waals surface area contributed by atoms with Crippen molar-refractivity contribution in [1.29, 1.82) is 0 Å². The average molecular weight is 573 g/mol. The molecule has 1 aromatic carbocycles. The molecule has 2 rings (SSSR count). The monoisotopic (exact) mass is 572 g/mol. The summed E-state index contributed by atoms with van der Waals surface area (Å²) in [6, 6.07) is 8.27. The maximum atomic E-state index is 12.4. The molecule has 0 aliphatic carbocycles. The van der Waals surface area contributed by atoms with Gasteiger partial charge in [-0.05, 0) is 63.6 Å². The largest absolute Gasteiger partial charge is 0.355 e. The first-order valence-electron chi connectivity index (χ1n) is 12.1. The second-order valence-electron chi connectivity index (χ2n) is 9.33. The van der Waals surface area contributed by atoms with Crippen LogP contribution in [0.4, 0.5) is 0 Å². The van der Waals surface area contributed by atoms with Gasteiger partial charge in [-0.3, -0.25) is 14.7 Å². The Hall–Kier alpha value is -1.39. The number of guanidine groups is 1. The van der Waals surface area contributed by atoms with E-state index in [9.17, 15) is 4.79 Å². The standard InChI is InChI=1S/C25H44N6O.HI/c1-20(2)23(31-14-8-6-7-9-15-31)19-29-25(26-3)28-18-21-11-10-12-22(17-21)24(32)27-13-16-30(4)5;/h10-12,17,20,23H,6-9,13-16,18-19H2,1-5H3,(H,27,32)(H2,26,28,29);1H. The van der Waals surface area contributed by atoms with Crippen LogP contribution in [0.3, 0.4) is 0 Å². The highest BCUT2D eigenvalue weighted by Crippen LogP contribution is 2.17. The van der Waals surface area contributed by atoms with Crippen LogP contribution in [-0.4, -0.2) is 81.6 Å². The van der Waals surface area contributed by atoms with Crippen molar-refractivity contribution >= 4 is 35.8 Å². The zero-order chi connectivity index (χ0) is 23.3. The molecule has 1 fully saturated rings. The van der Waals surface area contributed by atoms with Gasteiger partial charge in [0.1, 0.15) is 0 Å². The molecular weight excluding hydrogens is 527 g/mol. The lowest BCUT2D eigenvalue weighted by atomic mass is 10.0. The van der Waals surface area contributed by atoms with Crippen LogP contribution in [0.25, 0.3) is 0 Å². The Balaban J connectivity index is 0.00000544. The molecule has 1 unspecified atom stereocenters. The van der Waals surface area contributed by atoms with Gasteiger partial charge in [0.05, 0.1) is 0 Å². The lowest BCUT2D eigenvalue weighted by Gasteiger charge is -2.34. The highest BCUT2D eigenvalue weighted by atomic mass is 127. The van der Waals surface area contributed by atoms with E-state index in [0.717, 1.165) is 24.6 Å². The van der Waals surface area contributed by atoms with Gasteiger partial charge in [0.2, 0.25) is 0 Å². The van der Waals surface area contributed by atoms with Gasteiger partial charge in [0.25, 0.3) is 5.91 Å². The molecule has 1 saturated heterocycles. The molecule has 0 radical (unpaired) electrons. The molecule has 0 aromatic heterocycles. The summed E-state index contributed by atoms with van der Waals surface area (Å²) in [7, 11) is 5.80. The Kier molecular flexibility index (Phi) is 14.6. The number of amides is 1. The van der Waals surface area contributed by atoms with Gasteiger partial charge < -0.3 is 20.9 Å². The fraction of sp³-hybridized carbons (Fsp3) is 0.680. The first kappa shape index (κ1) is 29.6. The van der Waals surface area contributed by atoms with Gasteiger partial charge in [-0.15, -0.1) is 24.0 Å². The number of nitrogens with zero attached hydrogens (tertiary/aromatic N) is 3. The van der Waals surface area contributed by atoms with E-state index in [1.165, 1.54) is 38.8 Å². The number of benzene rings is 1. The molecule has 8 heteroatoms. The molecule has 0 bridgehead atoms. The highest BCUT2D eigenvalue weighted by molar-refractivity contribution is 14.0. The van der Waals surface area contributed by atoms with Gasteiger partial charge in [0.15, 0.2) is 5.96 Å². The van der Waals surface area contributed by atoms with E-state index >= 15 is 0 Å². The van der Waals surface area contributed by atoms with Gasteiger partial charge >= 0.3 is 0 Å². The van der Waals surface area contributed by atoms with E-state index in [-0.39, 0.29) is 29.9 Å². The molecule has 1 amide bonds. The molecule has 1 aromatic rings. The maximum Gasteiger partial charge on any atom is 0.251 e. The summed E-state index contributed by atoms with van der Waals surface area (Å²) in [5.74, 6) is 1.35. The van der Waals surface area contributed by atoms with Crippen LogP contribution in [0.1, 0.15) is 55.5 Å². The predicted molar refractivity (Wildman–Crippen MR) is 150 cm³/mol. The molecule has 1 heterocycles. The van der Waals surface area contributed by atoms with E-state index in [1.807, 2.05) is 38.4 Å². The van der Waals surface area contributed by atoms with Crippen molar-refractivity contribution in [2.75, 3.05) is 53.9 Å². The fourth-order valence-electron chi connectivity index (χ4n) is 4.14.